The van der Waals surface area contributed by atoms with Crippen molar-refractivity contribution < 1.29 is 14.8 Å². The number of anilines is 1. The van der Waals surface area contributed by atoms with Crippen LogP contribution in [0.2, 0.25) is 0 Å². The number of aromatic carboxylic acids is 1. The molecule has 1 aromatic carbocycles. The van der Waals surface area contributed by atoms with Gasteiger partial charge in [-0.1, -0.05) is 6.92 Å². The monoisotopic (exact) mass is 292 g/mol. The van der Waals surface area contributed by atoms with Gasteiger partial charge in [-0.15, -0.1) is 0 Å². The van der Waals surface area contributed by atoms with E-state index in [0.717, 1.165) is 25.5 Å². The summed E-state index contributed by atoms with van der Waals surface area (Å²) in [5.74, 6) is -0.648. The first kappa shape index (κ1) is 15.3. The molecule has 1 aliphatic rings. The molecule has 1 N–H and O–H groups in total. The van der Waals surface area contributed by atoms with Gasteiger partial charge in [0.15, 0.2) is 0 Å². The first-order valence-electron chi connectivity index (χ1n) is 7.10. The molecular formula is C15H20N2O4. The van der Waals surface area contributed by atoms with E-state index in [4.69, 9.17) is 0 Å². The fourth-order valence-corrected chi connectivity index (χ4v) is 2.92. The van der Waals surface area contributed by atoms with Gasteiger partial charge < -0.3 is 10.0 Å². The molecule has 6 heteroatoms. The summed E-state index contributed by atoms with van der Waals surface area (Å²) in [7, 11) is 0. The average Bonchev–Trinajstić information content (AvgIpc) is 2.41. The smallest absolute Gasteiger partial charge is 0.336 e. The van der Waals surface area contributed by atoms with E-state index in [1.165, 1.54) is 0 Å². The molecule has 1 aromatic rings. The summed E-state index contributed by atoms with van der Waals surface area (Å²) >= 11 is 0. The molecule has 1 heterocycles. The molecular weight excluding hydrogens is 272 g/mol. The normalized spacial score (nSPS) is 22.1. The number of nitrogens with zero attached hydrogens (tertiary/aromatic N) is 2. The summed E-state index contributed by atoms with van der Waals surface area (Å²) in [6.07, 6.45) is 2.13. The molecule has 1 saturated heterocycles. The van der Waals surface area contributed by atoms with Crippen LogP contribution < -0.4 is 4.90 Å². The Bertz CT molecular complexity index is 585. The van der Waals surface area contributed by atoms with E-state index < -0.39 is 10.9 Å². The van der Waals surface area contributed by atoms with Crippen LogP contribution in [0.1, 0.15) is 42.6 Å². The summed E-state index contributed by atoms with van der Waals surface area (Å²) in [4.78, 5) is 24.0. The van der Waals surface area contributed by atoms with Crippen molar-refractivity contribution in [3.8, 4) is 0 Å². The number of hydrogen-bond donors (Lipinski definition) is 1. The number of piperidine rings is 1. The lowest BCUT2D eigenvalue weighted by atomic mass is 9.93. The van der Waals surface area contributed by atoms with E-state index in [1.807, 2.05) is 0 Å². The van der Waals surface area contributed by atoms with Crippen molar-refractivity contribution in [2.75, 3.05) is 11.4 Å². The highest BCUT2D eigenvalue weighted by atomic mass is 16.6. The van der Waals surface area contributed by atoms with E-state index in [0.29, 0.717) is 17.2 Å². The fraction of sp³-hybridized carbons (Fsp3) is 0.533. The van der Waals surface area contributed by atoms with E-state index in [2.05, 4.69) is 18.7 Å². The van der Waals surface area contributed by atoms with Gasteiger partial charge >= 0.3 is 5.97 Å². The summed E-state index contributed by atoms with van der Waals surface area (Å²) in [5, 5.41) is 20.4. The van der Waals surface area contributed by atoms with Crippen LogP contribution in [0, 0.1) is 23.0 Å². The summed E-state index contributed by atoms with van der Waals surface area (Å²) in [6.45, 7) is 6.70. The molecule has 0 amide bonds. The van der Waals surface area contributed by atoms with Gasteiger partial charge in [0, 0.05) is 24.3 Å². The Morgan fingerprint density at radius 1 is 1.38 bits per heavy atom. The minimum Gasteiger partial charge on any atom is -0.478 e. The minimum absolute atomic E-state index is 0.0345. The van der Waals surface area contributed by atoms with E-state index in [1.54, 1.807) is 13.0 Å². The van der Waals surface area contributed by atoms with Crippen molar-refractivity contribution in [2.45, 2.75) is 39.7 Å². The third-order valence-corrected chi connectivity index (χ3v) is 4.22. The zero-order valence-corrected chi connectivity index (χ0v) is 12.5. The van der Waals surface area contributed by atoms with Crippen molar-refractivity contribution >= 4 is 17.3 Å². The van der Waals surface area contributed by atoms with Crippen molar-refractivity contribution in [2.24, 2.45) is 5.92 Å². The van der Waals surface area contributed by atoms with Gasteiger partial charge in [0.25, 0.3) is 5.69 Å². The molecule has 0 aromatic heterocycles. The molecule has 0 bridgehead atoms. The molecule has 1 fully saturated rings. The van der Waals surface area contributed by atoms with Crippen molar-refractivity contribution in [3.05, 3.63) is 33.4 Å². The maximum Gasteiger partial charge on any atom is 0.336 e. The Kier molecular flexibility index (Phi) is 4.16. The molecule has 1 aliphatic heterocycles. The predicted molar refractivity (Wildman–Crippen MR) is 80.0 cm³/mol. The Morgan fingerprint density at radius 2 is 2.05 bits per heavy atom. The fourth-order valence-electron chi connectivity index (χ4n) is 2.92. The number of benzene rings is 1. The topological polar surface area (TPSA) is 83.7 Å². The second-order valence-electron chi connectivity index (χ2n) is 5.89. The highest BCUT2D eigenvalue weighted by molar-refractivity contribution is 5.90. The van der Waals surface area contributed by atoms with E-state index >= 15 is 0 Å². The predicted octanol–water partition coefficient (Wildman–Crippen LogP) is 3.23. The summed E-state index contributed by atoms with van der Waals surface area (Å²) in [6, 6.07) is 2.95. The van der Waals surface area contributed by atoms with Gasteiger partial charge in [-0.2, -0.15) is 0 Å². The lowest BCUT2D eigenvalue weighted by Crippen LogP contribution is -2.41. The molecule has 21 heavy (non-hydrogen) atoms. The van der Waals surface area contributed by atoms with Crippen LogP contribution in [-0.2, 0) is 0 Å². The van der Waals surface area contributed by atoms with Gasteiger partial charge in [-0.05, 0) is 38.7 Å². The molecule has 2 rings (SSSR count). The Balaban J connectivity index is 2.55. The van der Waals surface area contributed by atoms with Crippen LogP contribution in [-0.4, -0.2) is 28.6 Å². The molecule has 6 nitrogen and oxygen atoms in total. The number of nitro groups is 1. The second kappa shape index (κ2) is 5.71. The van der Waals surface area contributed by atoms with Crippen LogP contribution in [0.25, 0.3) is 0 Å². The van der Waals surface area contributed by atoms with Crippen LogP contribution in [0.15, 0.2) is 12.1 Å². The Morgan fingerprint density at radius 3 is 2.62 bits per heavy atom. The van der Waals surface area contributed by atoms with Gasteiger partial charge in [0.2, 0.25) is 0 Å². The van der Waals surface area contributed by atoms with Crippen molar-refractivity contribution in [1.82, 2.24) is 0 Å². The molecule has 2 unspecified atom stereocenters. The summed E-state index contributed by atoms with van der Waals surface area (Å²) in [5.41, 5.74) is 1.04. The lowest BCUT2D eigenvalue weighted by molar-refractivity contribution is -0.385. The molecule has 0 spiro atoms. The van der Waals surface area contributed by atoms with Crippen LogP contribution in [0.5, 0.6) is 0 Å². The second-order valence-corrected chi connectivity index (χ2v) is 5.89. The van der Waals surface area contributed by atoms with Crippen LogP contribution >= 0.6 is 0 Å². The summed E-state index contributed by atoms with van der Waals surface area (Å²) < 4.78 is 0. The van der Waals surface area contributed by atoms with Gasteiger partial charge in [0.05, 0.1) is 16.1 Å². The highest BCUT2D eigenvalue weighted by Crippen LogP contribution is 2.35. The maximum absolute atomic E-state index is 11.2. The molecule has 2 atom stereocenters. The number of carboxylic acid groups (broad SMARTS) is 1. The zero-order chi connectivity index (χ0) is 15.7. The maximum atomic E-state index is 11.2. The number of carbonyl (C=O) groups is 1. The van der Waals surface area contributed by atoms with Gasteiger partial charge in [0.1, 0.15) is 0 Å². The first-order valence-corrected chi connectivity index (χ1v) is 7.10. The number of nitro benzene ring substituents is 1. The van der Waals surface area contributed by atoms with Gasteiger partial charge in [-0.25, -0.2) is 4.79 Å². The zero-order valence-electron chi connectivity index (χ0n) is 12.5. The minimum atomic E-state index is -1.14. The standard InChI is InChI=1S/C15H20N2O4/c1-9-4-5-10(2)16(8-9)13-6-12(15(18)19)7-14(11(13)3)17(20)21/h6-7,9-10H,4-5,8H2,1-3H3,(H,18,19). The number of rotatable bonds is 3. The van der Waals surface area contributed by atoms with Crippen molar-refractivity contribution in [1.29, 1.82) is 0 Å². The van der Waals surface area contributed by atoms with Gasteiger partial charge in [-0.3, -0.25) is 10.1 Å². The third-order valence-electron chi connectivity index (χ3n) is 4.22. The number of hydrogen-bond acceptors (Lipinski definition) is 4. The lowest BCUT2D eigenvalue weighted by Gasteiger charge is -2.39. The highest BCUT2D eigenvalue weighted by Gasteiger charge is 2.28. The Labute approximate surface area is 123 Å². The van der Waals surface area contributed by atoms with Crippen LogP contribution in [0.3, 0.4) is 0 Å². The van der Waals surface area contributed by atoms with E-state index in [-0.39, 0.29) is 17.3 Å². The van der Waals surface area contributed by atoms with Crippen molar-refractivity contribution in [3.63, 3.8) is 0 Å². The quantitative estimate of drug-likeness (QED) is 0.683. The van der Waals surface area contributed by atoms with Crippen LogP contribution in [0.4, 0.5) is 11.4 Å². The third kappa shape index (κ3) is 2.99. The molecule has 0 aliphatic carbocycles. The first-order chi connectivity index (χ1) is 9.81. The van der Waals surface area contributed by atoms with E-state index in [9.17, 15) is 20.0 Å². The molecule has 0 saturated carbocycles. The SMILES string of the molecule is Cc1c(N2CC(C)CCC2C)cc(C(=O)O)cc1[N+](=O)[O-]. The Hall–Kier alpha value is -2.11. The molecule has 114 valence electrons. The molecule has 0 radical (unpaired) electrons. The average molecular weight is 292 g/mol. The number of carboxylic acids is 1. The largest absolute Gasteiger partial charge is 0.478 e.